The van der Waals surface area contributed by atoms with E-state index < -0.39 is 16.1 Å². The van der Waals surface area contributed by atoms with Crippen LogP contribution >= 0.6 is 23.2 Å². The fourth-order valence-corrected chi connectivity index (χ4v) is 5.13. The first kappa shape index (κ1) is 29.7. The van der Waals surface area contributed by atoms with Crippen LogP contribution in [0, 0.1) is 0 Å². The maximum atomic E-state index is 13.4. The summed E-state index contributed by atoms with van der Waals surface area (Å²) in [5, 5.41) is 3.36. The van der Waals surface area contributed by atoms with Crippen LogP contribution in [0.3, 0.4) is 0 Å². The van der Waals surface area contributed by atoms with E-state index >= 15 is 0 Å². The Kier molecular flexibility index (Phi) is 11.3. The molecule has 1 N–H and O–H groups in total. The molecule has 1 atom stereocenters. The molecule has 0 bridgehead atoms. The van der Waals surface area contributed by atoms with Crippen molar-refractivity contribution in [1.29, 1.82) is 0 Å². The SMILES string of the molecule is CCOc1ccccc1N(CCCC(=O)N(Cc1ccc(Cl)c(Cl)c1)[C@H](CC)C(=O)NC)S(C)(=O)=O. The molecule has 0 spiro atoms. The number of amides is 2. The van der Waals surface area contributed by atoms with Crippen molar-refractivity contribution in [3.63, 3.8) is 0 Å². The molecule has 0 aliphatic carbocycles. The number of carbonyl (C=O) groups is 2. The highest BCUT2D eigenvalue weighted by Gasteiger charge is 2.28. The minimum atomic E-state index is -3.64. The van der Waals surface area contributed by atoms with Gasteiger partial charge in [0.25, 0.3) is 0 Å². The van der Waals surface area contributed by atoms with Crippen LogP contribution in [0.2, 0.25) is 10.0 Å². The molecule has 8 nitrogen and oxygen atoms in total. The molecular weight excluding hydrogens is 525 g/mol. The number of para-hydroxylation sites is 2. The maximum absolute atomic E-state index is 13.4. The Morgan fingerprint density at radius 2 is 1.78 bits per heavy atom. The van der Waals surface area contributed by atoms with Gasteiger partial charge in [0.2, 0.25) is 21.8 Å². The number of hydrogen-bond donors (Lipinski definition) is 1. The molecule has 0 fully saturated rings. The average molecular weight is 559 g/mol. The number of nitrogens with zero attached hydrogens (tertiary/aromatic N) is 2. The number of ether oxygens (including phenoxy) is 1. The molecular formula is C25H33Cl2N3O5S. The summed E-state index contributed by atoms with van der Waals surface area (Å²) in [7, 11) is -2.12. The predicted molar refractivity (Wildman–Crippen MR) is 144 cm³/mol. The number of nitrogens with one attached hydrogen (secondary N) is 1. The van der Waals surface area contributed by atoms with Gasteiger partial charge in [-0.1, -0.05) is 48.3 Å². The van der Waals surface area contributed by atoms with Gasteiger partial charge in [0.05, 0.1) is 28.6 Å². The third-order valence-electron chi connectivity index (χ3n) is 5.56. The Morgan fingerprint density at radius 3 is 2.36 bits per heavy atom. The first-order valence-electron chi connectivity index (χ1n) is 11.7. The van der Waals surface area contributed by atoms with Crippen molar-refractivity contribution < 1.29 is 22.7 Å². The van der Waals surface area contributed by atoms with E-state index in [1.54, 1.807) is 42.5 Å². The number of benzene rings is 2. The van der Waals surface area contributed by atoms with E-state index in [-0.39, 0.29) is 37.7 Å². The van der Waals surface area contributed by atoms with Crippen molar-refractivity contribution in [2.45, 2.75) is 45.7 Å². The molecule has 0 aliphatic rings. The molecule has 0 unspecified atom stereocenters. The molecule has 2 aromatic carbocycles. The number of likely N-dealkylation sites (N-methyl/N-ethyl adjacent to an activating group) is 1. The van der Waals surface area contributed by atoms with E-state index in [1.807, 2.05) is 13.8 Å². The molecule has 198 valence electrons. The van der Waals surface area contributed by atoms with Gasteiger partial charge >= 0.3 is 0 Å². The van der Waals surface area contributed by atoms with Crippen LogP contribution in [0.15, 0.2) is 42.5 Å². The molecule has 0 radical (unpaired) electrons. The summed E-state index contributed by atoms with van der Waals surface area (Å²) in [5.41, 5.74) is 1.14. The van der Waals surface area contributed by atoms with Crippen molar-refractivity contribution in [1.82, 2.24) is 10.2 Å². The highest BCUT2D eigenvalue weighted by molar-refractivity contribution is 7.92. The average Bonchev–Trinajstić information content (AvgIpc) is 2.83. The number of carbonyl (C=O) groups excluding carboxylic acids is 2. The highest BCUT2D eigenvalue weighted by Crippen LogP contribution is 2.30. The van der Waals surface area contributed by atoms with Crippen LogP contribution < -0.4 is 14.4 Å². The summed E-state index contributed by atoms with van der Waals surface area (Å²) in [5.74, 6) is -0.110. The van der Waals surface area contributed by atoms with Crippen molar-refractivity contribution in [3.05, 3.63) is 58.1 Å². The lowest BCUT2D eigenvalue weighted by molar-refractivity contribution is -0.141. The second kappa shape index (κ2) is 13.7. The number of rotatable bonds is 13. The number of sulfonamides is 1. The van der Waals surface area contributed by atoms with Crippen LogP contribution in [0.4, 0.5) is 5.69 Å². The van der Waals surface area contributed by atoms with Gasteiger partial charge in [-0.25, -0.2) is 8.42 Å². The monoisotopic (exact) mass is 557 g/mol. The largest absolute Gasteiger partial charge is 0.492 e. The second-order valence-corrected chi connectivity index (χ2v) is 10.9. The molecule has 2 amide bonds. The first-order valence-corrected chi connectivity index (χ1v) is 14.3. The van der Waals surface area contributed by atoms with E-state index in [1.165, 1.54) is 16.3 Å². The molecule has 36 heavy (non-hydrogen) atoms. The van der Waals surface area contributed by atoms with E-state index in [2.05, 4.69) is 5.32 Å². The first-order chi connectivity index (χ1) is 17.0. The Bertz CT molecular complexity index is 1160. The zero-order chi connectivity index (χ0) is 26.9. The molecule has 0 heterocycles. The predicted octanol–water partition coefficient (Wildman–Crippen LogP) is 4.49. The smallest absolute Gasteiger partial charge is 0.242 e. The summed E-state index contributed by atoms with van der Waals surface area (Å²) in [6.45, 7) is 4.26. The van der Waals surface area contributed by atoms with Gasteiger partial charge in [0.1, 0.15) is 11.8 Å². The lowest BCUT2D eigenvalue weighted by Crippen LogP contribution is -2.48. The third kappa shape index (κ3) is 8.01. The molecule has 2 rings (SSSR count). The summed E-state index contributed by atoms with van der Waals surface area (Å²) < 4.78 is 32.0. The van der Waals surface area contributed by atoms with Crippen molar-refractivity contribution in [2.75, 3.05) is 30.8 Å². The van der Waals surface area contributed by atoms with Crippen LogP contribution in [0.1, 0.15) is 38.7 Å². The number of anilines is 1. The molecule has 11 heteroatoms. The summed E-state index contributed by atoms with van der Waals surface area (Å²) in [4.78, 5) is 27.4. The maximum Gasteiger partial charge on any atom is 0.242 e. The quantitative estimate of drug-likeness (QED) is 0.391. The van der Waals surface area contributed by atoms with E-state index in [4.69, 9.17) is 27.9 Å². The van der Waals surface area contributed by atoms with Gasteiger partial charge in [0.15, 0.2) is 0 Å². The Balaban J connectivity index is 2.24. The summed E-state index contributed by atoms with van der Waals surface area (Å²) in [6.07, 6.45) is 1.81. The zero-order valence-electron chi connectivity index (χ0n) is 21.0. The van der Waals surface area contributed by atoms with Crippen LogP contribution in [-0.4, -0.2) is 57.6 Å². The Labute approximate surface area is 223 Å². The Morgan fingerprint density at radius 1 is 1.08 bits per heavy atom. The summed E-state index contributed by atoms with van der Waals surface area (Å²) >= 11 is 12.2. The van der Waals surface area contributed by atoms with Gasteiger partial charge in [-0.15, -0.1) is 0 Å². The summed E-state index contributed by atoms with van der Waals surface area (Å²) in [6, 6.07) is 11.2. The van der Waals surface area contributed by atoms with Gasteiger partial charge in [-0.2, -0.15) is 0 Å². The van der Waals surface area contributed by atoms with Crippen LogP contribution in [0.25, 0.3) is 0 Å². The molecule has 0 saturated heterocycles. The van der Waals surface area contributed by atoms with E-state index in [0.29, 0.717) is 34.5 Å². The lowest BCUT2D eigenvalue weighted by atomic mass is 10.1. The van der Waals surface area contributed by atoms with Gasteiger partial charge in [0, 0.05) is 26.6 Å². The molecule has 0 saturated carbocycles. The van der Waals surface area contributed by atoms with Crippen LogP contribution in [0.5, 0.6) is 5.75 Å². The van der Waals surface area contributed by atoms with Crippen molar-refractivity contribution in [2.24, 2.45) is 0 Å². The molecule has 0 aliphatic heterocycles. The minimum absolute atomic E-state index is 0.0393. The number of hydrogen-bond acceptors (Lipinski definition) is 5. The normalized spacial score (nSPS) is 12.1. The lowest BCUT2D eigenvalue weighted by Gasteiger charge is -2.31. The van der Waals surface area contributed by atoms with Gasteiger partial charge in [-0.3, -0.25) is 13.9 Å². The molecule has 0 aromatic heterocycles. The fourth-order valence-electron chi connectivity index (χ4n) is 3.84. The zero-order valence-corrected chi connectivity index (χ0v) is 23.3. The van der Waals surface area contributed by atoms with Gasteiger partial charge in [-0.05, 0) is 49.6 Å². The van der Waals surface area contributed by atoms with Crippen LogP contribution in [-0.2, 0) is 26.2 Å². The topological polar surface area (TPSA) is 96.0 Å². The second-order valence-electron chi connectivity index (χ2n) is 8.15. The molecule has 2 aromatic rings. The Hall–Kier alpha value is -2.49. The van der Waals surface area contributed by atoms with Crippen molar-refractivity contribution in [3.8, 4) is 5.75 Å². The highest BCUT2D eigenvalue weighted by atomic mass is 35.5. The third-order valence-corrected chi connectivity index (χ3v) is 7.47. The van der Waals surface area contributed by atoms with E-state index in [0.717, 1.165) is 11.8 Å². The van der Waals surface area contributed by atoms with E-state index in [9.17, 15) is 18.0 Å². The number of halogens is 2. The minimum Gasteiger partial charge on any atom is -0.492 e. The van der Waals surface area contributed by atoms with Crippen molar-refractivity contribution >= 4 is 50.7 Å². The van der Waals surface area contributed by atoms with Gasteiger partial charge < -0.3 is 15.0 Å². The fraction of sp³-hybridized carbons (Fsp3) is 0.440. The standard InChI is InChI=1S/C25H33Cl2N3O5S/c1-5-21(25(32)28-3)29(17-18-13-14-19(26)20(27)16-18)24(31)12-9-15-30(36(4,33)34)22-10-7-8-11-23(22)35-6-2/h7-8,10-11,13-14,16,21H,5-6,9,12,15,17H2,1-4H3,(H,28,32)/t21-/m1/s1.